The molecular formula is C12H19NO8S. The molecule has 0 aromatic heterocycles. The molecular weight excluding hydrogens is 318 g/mol. The van der Waals surface area contributed by atoms with Gasteiger partial charge in [0.1, 0.15) is 18.3 Å². The SMILES string of the molecule is C#CCCC(=O)NS(=O)(=O)CC[C@H]1OC(O)[C@@H](O)[C@@H](O)[C@@H]1O. The fraction of sp³-hybridized carbons (Fsp3) is 0.750. The minimum atomic E-state index is -3.97. The molecule has 0 aromatic carbocycles. The van der Waals surface area contributed by atoms with E-state index in [1.807, 2.05) is 0 Å². The second-order valence-corrected chi connectivity index (χ2v) is 6.72. The largest absolute Gasteiger partial charge is 0.388 e. The van der Waals surface area contributed by atoms with E-state index in [1.165, 1.54) is 0 Å². The van der Waals surface area contributed by atoms with Crippen LogP contribution in [0.2, 0.25) is 0 Å². The van der Waals surface area contributed by atoms with Crippen LogP contribution in [0.4, 0.5) is 0 Å². The van der Waals surface area contributed by atoms with Gasteiger partial charge in [-0.15, -0.1) is 12.3 Å². The number of aliphatic hydroxyl groups is 4. The fourth-order valence-corrected chi connectivity index (χ4v) is 3.00. The van der Waals surface area contributed by atoms with Crippen LogP contribution in [0.1, 0.15) is 19.3 Å². The summed E-state index contributed by atoms with van der Waals surface area (Å²) in [5.74, 6) is 0.871. The van der Waals surface area contributed by atoms with Gasteiger partial charge in [-0.05, 0) is 6.42 Å². The number of ether oxygens (including phenoxy) is 1. The zero-order chi connectivity index (χ0) is 16.9. The lowest BCUT2D eigenvalue weighted by atomic mass is 9.97. The number of hydrogen-bond donors (Lipinski definition) is 5. The molecule has 1 aliphatic heterocycles. The van der Waals surface area contributed by atoms with Crippen LogP contribution in [0.5, 0.6) is 0 Å². The highest BCUT2D eigenvalue weighted by Crippen LogP contribution is 2.22. The Morgan fingerprint density at radius 2 is 1.82 bits per heavy atom. The first-order chi connectivity index (χ1) is 10.2. The highest BCUT2D eigenvalue weighted by atomic mass is 32.2. The van der Waals surface area contributed by atoms with Crippen LogP contribution < -0.4 is 4.72 Å². The molecule has 1 heterocycles. The molecule has 1 rings (SSSR count). The van der Waals surface area contributed by atoms with Crippen molar-refractivity contribution >= 4 is 15.9 Å². The quantitative estimate of drug-likeness (QED) is 0.322. The van der Waals surface area contributed by atoms with E-state index in [1.54, 1.807) is 4.72 Å². The number of rotatable bonds is 6. The van der Waals surface area contributed by atoms with Gasteiger partial charge in [-0.1, -0.05) is 0 Å². The van der Waals surface area contributed by atoms with Crippen LogP contribution in [0.15, 0.2) is 0 Å². The highest BCUT2D eigenvalue weighted by molar-refractivity contribution is 7.90. The first-order valence-electron chi connectivity index (χ1n) is 6.52. The van der Waals surface area contributed by atoms with Crippen molar-refractivity contribution in [2.24, 2.45) is 0 Å². The average molecular weight is 337 g/mol. The molecule has 9 nitrogen and oxygen atoms in total. The maximum absolute atomic E-state index is 11.7. The normalized spacial score (nSPS) is 32.2. The third-order valence-corrected chi connectivity index (χ3v) is 4.44. The van der Waals surface area contributed by atoms with Gasteiger partial charge in [-0.25, -0.2) is 8.42 Å². The van der Waals surface area contributed by atoms with E-state index in [-0.39, 0.29) is 19.3 Å². The van der Waals surface area contributed by atoms with Gasteiger partial charge >= 0.3 is 0 Å². The number of hydrogen-bond acceptors (Lipinski definition) is 8. The Kier molecular flexibility index (Phi) is 6.73. The maximum Gasteiger partial charge on any atom is 0.234 e. The molecule has 10 heteroatoms. The molecule has 126 valence electrons. The summed E-state index contributed by atoms with van der Waals surface area (Å²) in [5, 5.41) is 37.8. The molecule has 1 fully saturated rings. The molecule has 0 aliphatic carbocycles. The first-order valence-corrected chi connectivity index (χ1v) is 8.17. The van der Waals surface area contributed by atoms with Crippen molar-refractivity contribution in [2.75, 3.05) is 5.75 Å². The van der Waals surface area contributed by atoms with Crippen molar-refractivity contribution in [3.63, 3.8) is 0 Å². The summed E-state index contributed by atoms with van der Waals surface area (Å²) in [4.78, 5) is 11.3. The van der Waals surface area contributed by atoms with E-state index in [0.717, 1.165) is 0 Å². The van der Waals surface area contributed by atoms with Gasteiger partial charge in [0.15, 0.2) is 6.29 Å². The van der Waals surface area contributed by atoms with Crippen LogP contribution in [0.25, 0.3) is 0 Å². The van der Waals surface area contributed by atoms with Gasteiger partial charge in [0.2, 0.25) is 15.9 Å². The Labute approximate surface area is 128 Å². The average Bonchev–Trinajstić information content (AvgIpc) is 2.45. The van der Waals surface area contributed by atoms with Crippen molar-refractivity contribution in [3.8, 4) is 12.3 Å². The molecule has 0 radical (unpaired) electrons. The molecule has 22 heavy (non-hydrogen) atoms. The van der Waals surface area contributed by atoms with Crippen LogP contribution in [0, 0.1) is 12.3 Å². The minimum absolute atomic E-state index is 0.0993. The Bertz CT molecular complexity index is 528. The van der Waals surface area contributed by atoms with Gasteiger partial charge in [0.05, 0.1) is 11.9 Å². The summed E-state index contributed by atoms with van der Waals surface area (Å²) in [6, 6.07) is 0. The second-order valence-electron chi connectivity index (χ2n) is 4.87. The molecule has 0 bridgehead atoms. The van der Waals surface area contributed by atoms with E-state index in [2.05, 4.69) is 5.92 Å². The summed E-state index contributed by atoms with van der Waals surface area (Å²) in [6.45, 7) is 0. The molecule has 0 aromatic rings. The number of carbonyl (C=O) groups excluding carboxylic acids is 1. The number of carbonyl (C=O) groups is 1. The summed E-state index contributed by atoms with van der Waals surface area (Å²) < 4.78 is 30.0. The first kappa shape index (κ1) is 18.8. The molecule has 1 unspecified atom stereocenters. The summed E-state index contributed by atoms with van der Waals surface area (Å²) in [6.07, 6.45) is -3.23. The van der Waals surface area contributed by atoms with Crippen molar-refractivity contribution < 1.29 is 38.4 Å². The third kappa shape index (κ3) is 5.20. The molecule has 1 aliphatic rings. The van der Waals surface area contributed by atoms with Crippen molar-refractivity contribution in [1.29, 1.82) is 0 Å². The summed E-state index contributed by atoms with van der Waals surface area (Å²) in [5.41, 5.74) is 0. The molecule has 1 saturated heterocycles. The number of nitrogens with one attached hydrogen (secondary N) is 1. The van der Waals surface area contributed by atoms with Crippen LogP contribution in [-0.4, -0.2) is 71.2 Å². The van der Waals surface area contributed by atoms with Crippen molar-refractivity contribution in [3.05, 3.63) is 0 Å². The molecule has 5 atom stereocenters. The standard InChI is InChI=1S/C12H19NO8S/c1-2-3-4-8(14)13-22(19,20)6-5-7-9(15)10(16)11(17)12(18)21-7/h1,7,9-12,15-18H,3-6H2,(H,13,14)/t7-,9-,10+,11+,12?/m1/s1. The summed E-state index contributed by atoms with van der Waals surface area (Å²) >= 11 is 0. The molecule has 0 spiro atoms. The minimum Gasteiger partial charge on any atom is -0.388 e. The zero-order valence-corrected chi connectivity index (χ0v) is 12.4. The Balaban J connectivity index is 2.54. The maximum atomic E-state index is 11.7. The van der Waals surface area contributed by atoms with Crippen LogP contribution in [-0.2, 0) is 19.6 Å². The van der Waals surface area contributed by atoms with Gasteiger partial charge in [-0.3, -0.25) is 9.52 Å². The highest BCUT2D eigenvalue weighted by Gasteiger charge is 2.43. The Hall–Kier alpha value is -1.22. The fourth-order valence-electron chi connectivity index (χ4n) is 1.90. The van der Waals surface area contributed by atoms with E-state index < -0.39 is 52.4 Å². The van der Waals surface area contributed by atoms with E-state index in [0.29, 0.717) is 0 Å². The van der Waals surface area contributed by atoms with E-state index >= 15 is 0 Å². The third-order valence-electron chi connectivity index (χ3n) is 3.12. The Morgan fingerprint density at radius 3 is 2.41 bits per heavy atom. The monoisotopic (exact) mass is 337 g/mol. The van der Waals surface area contributed by atoms with Gasteiger partial charge in [0, 0.05) is 12.8 Å². The van der Waals surface area contributed by atoms with Crippen LogP contribution in [0.3, 0.4) is 0 Å². The second kappa shape index (κ2) is 7.87. The predicted molar refractivity (Wildman–Crippen MR) is 73.5 cm³/mol. The van der Waals surface area contributed by atoms with Crippen LogP contribution >= 0.6 is 0 Å². The Morgan fingerprint density at radius 1 is 1.18 bits per heavy atom. The lowest BCUT2D eigenvalue weighted by Gasteiger charge is -2.38. The lowest BCUT2D eigenvalue weighted by molar-refractivity contribution is -0.281. The van der Waals surface area contributed by atoms with Crippen molar-refractivity contribution in [2.45, 2.75) is 50.0 Å². The zero-order valence-electron chi connectivity index (χ0n) is 11.6. The summed E-state index contributed by atoms with van der Waals surface area (Å²) in [7, 11) is -3.97. The van der Waals surface area contributed by atoms with Gasteiger partial charge < -0.3 is 25.2 Å². The molecule has 1 amide bonds. The number of sulfonamides is 1. The van der Waals surface area contributed by atoms with Gasteiger partial charge in [-0.2, -0.15) is 0 Å². The van der Waals surface area contributed by atoms with E-state index in [9.17, 15) is 33.6 Å². The number of terminal acetylenes is 1. The number of amides is 1. The van der Waals surface area contributed by atoms with Gasteiger partial charge in [0.25, 0.3) is 0 Å². The number of aliphatic hydroxyl groups excluding tert-OH is 4. The molecule has 5 N–H and O–H groups in total. The predicted octanol–water partition coefficient (Wildman–Crippen LogP) is -2.96. The lowest BCUT2D eigenvalue weighted by Crippen LogP contribution is -2.57. The molecule has 0 saturated carbocycles. The topological polar surface area (TPSA) is 153 Å². The smallest absolute Gasteiger partial charge is 0.234 e. The van der Waals surface area contributed by atoms with Crippen molar-refractivity contribution in [1.82, 2.24) is 4.72 Å². The van der Waals surface area contributed by atoms with E-state index in [4.69, 9.17) is 11.2 Å².